The highest BCUT2D eigenvalue weighted by atomic mass is 19.3. The van der Waals surface area contributed by atoms with Gasteiger partial charge in [-0.15, -0.1) is 0 Å². The molecule has 0 aromatic heterocycles. The second-order valence-electron chi connectivity index (χ2n) is 5.07. The van der Waals surface area contributed by atoms with Crippen molar-refractivity contribution in [1.82, 2.24) is 10.6 Å². The molecule has 0 aromatic carbocycles. The number of nitrogens with one attached hydrogen (secondary N) is 2. The summed E-state index contributed by atoms with van der Waals surface area (Å²) in [6, 6.07) is 0. The fraction of sp³-hybridized carbons (Fsp3) is 0.833. The second-order valence-corrected chi connectivity index (χ2v) is 5.07. The van der Waals surface area contributed by atoms with Crippen LogP contribution < -0.4 is 16.4 Å². The van der Waals surface area contributed by atoms with Gasteiger partial charge in [-0.1, -0.05) is 19.3 Å². The number of alkyl halides is 2. The predicted molar refractivity (Wildman–Crippen MR) is 66.6 cm³/mol. The summed E-state index contributed by atoms with van der Waals surface area (Å²) < 4.78 is 26.1. The van der Waals surface area contributed by atoms with Crippen LogP contribution in [-0.2, 0) is 9.59 Å². The van der Waals surface area contributed by atoms with Gasteiger partial charge in [0.2, 0.25) is 11.8 Å². The van der Waals surface area contributed by atoms with Gasteiger partial charge in [-0.3, -0.25) is 9.59 Å². The zero-order valence-corrected chi connectivity index (χ0v) is 11.1. The molecule has 7 heteroatoms. The summed E-state index contributed by atoms with van der Waals surface area (Å²) >= 11 is 0. The molecular formula is C12H21F2N3O2. The molecule has 110 valence electrons. The number of carbonyl (C=O) groups excluding carboxylic acids is 2. The summed E-state index contributed by atoms with van der Waals surface area (Å²) in [5, 5.41) is 4.83. The minimum atomic E-state index is -3.12. The number of nitrogens with two attached hydrogens (primary N) is 1. The monoisotopic (exact) mass is 277 g/mol. The molecule has 0 radical (unpaired) electrons. The molecule has 1 aliphatic carbocycles. The zero-order valence-electron chi connectivity index (χ0n) is 11.1. The Balaban J connectivity index is 2.69. The fourth-order valence-electron chi connectivity index (χ4n) is 2.35. The summed E-state index contributed by atoms with van der Waals surface area (Å²) in [5.41, 5.74) is 3.87. The molecule has 0 unspecified atom stereocenters. The molecule has 5 nitrogen and oxygen atoms in total. The maximum Gasteiger partial charge on any atom is 0.277 e. The lowest BCUT2D eigenvalue weighted by Gasteiger charge is -2.36. The number of amides is 2. The Morgan fingerprint density at radius 2 is 1.84 bits per heavy atom. The van der Waals surface area contributed by atoms with Crippen molar-refractivity contribution in [3.05, 3.63) is 0 Å². The summed E-state index contributed by atoms with van der Waals surface area (Å²) in [6.45, 7) is -0.303. The highest BCUT2D eigenvalue weighted by Crippen LogP contribution is 2.28. The van der Waals surface area contributed by atoms with Crippen LogP contribution in [0.5, 0.6) is 0 Å². The molecule has 2 amide bonds. The van der Waals surface area contributed by atoms with E-state index in [1.807, 2.05) is 0 Å². The van der Waals surface area contributed by atoms with Crippen LogP contribution in [0.3, 0.4) is 0 Å². The van der Waals surface area contributed by atoms with Crippen LogP contribution in [0, 0.1) is 0 Å². The molecule has 1 rings (SSSR count). The third-order valence-corrected chi connectivity index (χ3v) is 3.36. The van der Waals surface area contributed by atoms with E-state index >= 15 is 0 Å². The average molecular weight is 277 g/mol. The molecule has 0 aromatic rings. The quantitative estimate of drug-likeness (QED) is 0.685. The van der Waals surface area contributed by atoms with Crippen LogP contribution in [0.25, 0.3) is 0 Å². The van der Waals surface area contributed by atoms with Crippen molar-refractivity contribution in [3.63, 3.8) is 0 Å². The van der Waals surface area contributed by atoms with E-state index in [9.17, 15) is 18.4 Å². The van der Waals surface area contributed by atoms with Crippen molar-refractivity contribution in [2.24, 2.45) is 5.73 Å². The number of rotatable bonds is 5. The van der Waals surface area contributed by atoms with E-state index in [4.69, 9.17) is 5.73 Å². The third-order valence-electron chi connectivity index (χ3n) is 3.36. The Bertz CT molecular complexity index is 342. The molecule has 19 heavy (non-hydrogen) atoms. The van der Waals surface area contributed by atoms with Crippen molar-refractivity contribution in [2.45, 2.75) is 50.5 Å². The molecule has 0 heterocycles. The third kappa shape index (κ3) is 4.41. The maximum atomic E-state index is 13.0. The van der Waals surface area contributed by atoms with Crippen LogP contribution in [0.2, 0.25) is 0 Å². The lowest BCUT2D eigenvalue weighted by Crippen LogP contribution is -2.60. The van der Waals surface area contributed by atoms with Gasteiger partial charge in [-0.05, 0) is 12.8 Å². The Morgan fingerprint density at radius 1 is 1.26 bits per heavy atom. The number of hydrogen-bond donors (Lipinski definition) is 3. The second kappa shape index (κ2) is 6.27. The topological polar surface area (TPSA) is 84.2 Å². The van der Waals surface area contributed by atoms with Crippen molar-refractivity contribution in [1.29, 1.82) is 0 Å². The van der Waals surface area contributed by atoms with Crippen LogP contribution >= 0.6 is 0 Å². The fourth-order valence-corrected chi connectivity index (χ4v) is 2.35. The van der Waals surface area contributed by atoms with Crippen molar-refractivity contribution >= 4 is 11.8 Å². The molecule has 0 aliphatic heterocycles. The van der Waals surface area contributed by atoms with Crippen LogP contribution in [0.4, 0.5) is 8.78 Å². The highest BCUT2D eigenvalue weighted by Gasteiger charge is 2.41. The van der Waals surface area contributed by atoms with Gasteiger partial charge in [-0.25, -0.2) is 8.78 Å². The van der Waals surface area contributed by atoms with Gasteiger partial charge >= 0.3 is 0 Å². The van der Waals surface area contributed by atoms with Gasteiger partial charge in [0.1, 0.15) is 5.54 Å². The molecular weight excluding hydrogens is 256 g/mol. The van der Waals surface area contributed by atoms with Crippen molar-refractivity contribution in [2.75, 3.05) is 13.1 Å². The molecule has 1 saturated carbocycles. The van der Waals surface area contributed by atoms with Gasteiger partial charge < -0.3 is 16.4 Å². The number of halogens is 2. The lowest BCUT2D eigenvalue weighted by atomic mass is 9.80. The maximum absolute atomic E-state index is 13.0. The first-order valence-corrected chi connectivity index (χ1v) is 6.46. The first kappa shape index (κ1) is 15.8. The van der Waals surface area contributed by atoms with Gasteiger partial charge in [-0.2, -0.15) is 0 Å². The van der Waals surface area contributed by atoms with E-state index in [2.05, 4.69) is 10.6 Å². The van der Waals surface area contributed by atoms with Crippen molar-refractivity contribution in [3.8, 4) is 0 Å². The average Bonchev–Trinajstić information content (AvgIpc) is 2.36. The minimum Gasteiger partial charge on any atom is -0.348 e. The Labute approximate surface area is 111 Å². The summed E-state index contributed by atoms with van der Waals surface area (Å²) in [6.07, 6.45) is 3.52. The highest BCUT2D eigenvalue weighted by molar-refractivity contribution is 5.91. The number of hydrogen-bond acceptors (Lipinski definition) is 3. The Kier molecular flexibility index (Phi) is 5.22. The van der Waals surface area contributed by atoms with E-state index in [-0.39, 0.29) is 5.91 Å². The molecule has 4 N–H and O–H groups in total. The smallest absolute Gasteiger partial charge is 0.277 e. The minimum absolute atomic E-state index is 0.331. The van der Waals surface area contributed by atoms with Gasteiger partial charge in [0.25, 0.3) is 5.92 Å². The van der Waals surface area contributed by atoms with E-state index in [0.717, 1.165) is 19.3 Å². The standard InChI is InChI=1S/C12H21F2N3O2/c1-9(18)17-11(5-3-2-4-6-11)10(19)16-8-12(13,14)7-15/h2-8,15H2,1H3,(H,16,19)(H,17,18). The van der Waals surface area contributed by atoms with E-state index in [1.165, 1.54) is 6.92 Å². The molecule has 0 spiro atoms. The van der Waals surface area contributed by atoms with Gasteiger partial charge in [0.15, 0.2) is 0 Å². The first-order chi connectivity index (χ1) is 8.81. The van der Waals surface area contributed by atoms with E-state index in [0.29, 0.717) is 12.8 Å². The van der Waals surface area contributed by atoms with Gasteiger partial charge in [0.05, 0.1) is 13.1 Å². The van der Waals surface area contributed by atoms with Gasteiger partial charge in [0, 0.05) is 6.92 Å². The Morgan fingerprint density at radius 3 is 2.32 bits per heavy atom. The van der Waals surface area contributed by atoms with Crippen molar-refractivity contribution < 1.29 is 18.4 Å². The zero-order chi connectivity index (χ0) is 14.5. The SMILES string of the molecule is CC(=O)NC1(C(=O)NCC(F)(F)CN)CCCCC1. The summed E-state index contributed by atoms with van der Waals surface area (Å²) in [7, 11) is 0. The largest absolute Gasteiger partial charge is 0.348 e. The molecule has 0 atom stereocenters. The van der Waals surface area contributed by atoms with E-state index in [1.54, 1.807) is 0 Å². The van der Waals surface area contributed by atoms with Crippen LogP contribution in [-0.4, -0.2) is 36.4 Å². The molecule has 0 bridgehead atoms. The van der Waals surface area contributed by atoms with E-state index < -0.39 is 30.5 Å². The Hall–Kier alpha value is -1.24. The molecule has 1 aliphatic rings. The summed E-state index contributed by atoms with van der Waals surface area (Å²) in [4.78, 5) is 23.3. The number of carbonyl (C=O) groups is 2. The van der Waals surface area contributed by atoms with Crippen LogP contribution in [0.1, 0.15) is 39.0 Å². The predicted octanol–water partition coefficient (Wildman–Crippen LogP) is 0.536. The first-order valence-electron chi connectivity index (χ1n) is 6.46. The lowest BCUT2D eigenvalue weighted by molar-refractivity contribution is -0.135. The summed E-state index contributed by atoms with van der Waals surface area (Å²) in [5.74, 6) is -4.00. The normalized spacial score (nSPS) is 18.7. The molecule has 1 fully saturated rings. The molecule has 0 saturated heterocycles. The van der Waals surface area contributed by atoms with Crippen LogP contribution in [0.15, 0.2) is 0 Å².